The number of aryl methyl sites for hydroxylation is 1. The number of rotatable bonds is 5. The van der Waals surface area contributed by atoms with Crippen molar-refractivity contribution in [3.05, 3.63) is 23.0 Å². The Morgan fingerprint density at radius 2 is 2.05 bits per heavy atom. The van der Waals surface area contributed by atoms with Crippen LogP contribution in [0.15, 0.2) is 17.2 Å². The molecule has 1 aromatic heterocycles. The third-order valence-corrected chi connectivity index (χ3v) is 5.46. The third-order valence-electron chi connectivity index (χ3n) is 3.69. The number of hydrogen-bond donors (Lipinski definition) is 2. The molecule has 2 rings (SSSR count). The monoisotopic (exact) mass is 345 g/mol. The molecule has 0 spiro atoms. The van der Waals surface area contributed by atoms with E-state index in [9.17, 15) is 13.2 Å². The summed E-state index contributed by atoms with van der Waals surface area (Å²) >= 11 is 5.78. The highest BCUT2D eigenvalue weighted by Gasteiger charge is 2.19. The first-order valence-corrected chi connectivity index (χ1v) is 9.16. The summed E-state index contributed by atoms with van der Waals surface area (Å²) in [6.45, 7) is 1.39. The highest BCUT2D eigenvalue weighted by molar-refractivity contribution is 7.89. The molecular weight excluding hydrogens is 326 g/mol. The molecule has 0 aromatic carbocycles. The smallest absolute Gasteiger partial charge is 0.242 e. The van der Waals surface area contributed by atoms with Crippen molar-refractivity contribution in [3.8, 4) is 0 Å². The lowest BCUT2D eigenvalue weighted by molar-refractivity contribution is -0.120. The van der Waals surface area contributed by atoms with Gasteiger partial charge in [-0.3, -0.25) is 4.79 Å². The van der Waals surface area contributed by atoms with Gasteiger partial charge in [0.05, 0.1) is 6.54 Å². The molecule has 1 saturated carbocycles. The molecule has 122 valence electrons. The topological polar surface area (TPSA) is 88.2 Å². The molecule has 1 heterocycles. The van der Waals surface area contributed by atoms with E-state index in [4.69, 9.17) is 11.6 Å². The van der Waals surface area contributed by atoms with Crippen LogP contribution >= 0.6 is 11.6 Å². The Morgan fingerprint density at radius 1 is 1.36 bits per heavy atom. The molecule has 0 radical (unpaired) electrons. The van der Waals surface area contributed by atoms with Crippen molar-refractivity contribution in [3.63, 3.8) is 0 Å². The number of nitrogens with one attached hydrogen (secondary N) is 2. The Balaban J connectivity index is 1.91. The highest BCUT2D eigenvalue weighted by atomic mass is 35.5. The summed E-state index contributed by atoms with van der Waals surface area (Å²) in [5.74, 6) is -0.311. The van der Waals surface area contributed by atoms with Crippen molar-refractivity contribution >= 4 is 27.5 Å². The molecule has 22 heavy (non-hydrogen) atoms. The Morgan fingerprint density at radius 3 is 2.68 bits per heavy atom. The van der Waals surface area contributed by atoms with Crippen LogP contribution in [0.3, 0.4) is 0 Å². The average Bonchev–Trinajstić information content (AvgIpc) is 2.49. The fourth-order valence-corrected chi connectivity index (χ4v) is 3.56. The molecule has 2 N–H and O–H groups in total. The van der Waals surface area contributed by atoms with Gasteiger partial charge in [-0.1, -0.05) is 30.9 Å². The van der Waals surface area contributed by atoms with Gasteiger partial charge < -0.3 is 5.32 Å². The molecule has 1 fully saturated rings. The van der Waals surface area contributed by atoms with E-state index in [1.54, 1.807) is 6.92 Å². The standard InChI is InChI=1S/C14H20ClN3O3S/c1-10-7-12(8-16-14(10)15)22(20,21)17-9-13(19)18-11-5-3-2-4-6-11/h7-8,11,17H,2-6,9H2,1H3,(H,18,19). The number of halogens is 1. The maximum absolute atomic E-state index is 12.1. The van der Waals surface area contributed by atoms with Gasteiger partial charge in [-0.2, -0.15) is 0 Å². The number of carbonyl (C=O) groups is 1. The van der Waals surface area contributed by atoms with Crippen molar-refractivity contribution in [1.29, 1.82) is 0 Å². The van der Waals surface area contributed by atoms with Gasteiger partial charge in [0.2, 0.25) is 15.9 Å². The quantitative estimate of drug-likeness (QED) is 0.796. The van der Waals surface area contributed by atoms with Crippen LogP contribution in [0, 0.1) is 6.92 Å². The summed E-state index contributed by atoms with van der Waals surface area (Å²) in [5.41, 5.74) is 0.566. The fourth-order valence-electron chi connectivity index (χ4n) is 2.45. The fraction of sp³-hybridized carbons (Fsp3) is 0.571. The Bertz CT molecular complexity index is 643. The predicted molar refractivity (Wildman–Crippen MR) is 84.2 cm³/mol. The molecule has 6 nitrogen and oxygen atoms in total. The van der Waals surface area contributed by atoms with E-state index in [0.717, 1.165) is 25.7 Å². The maximum atomic E-state index is 12.1. The molecule has 1 amide bonds. The Kier molecular flexibility index (Phi) is 5.77. The van der Waals surface area contributed by atoms with Crippen molar-refractivity contribution in [1.82, 2.24) is 15.0 Å². The largest absolute Gasteiger partial charge is 0.352 e. The SMILES string of the molecule is Cc1cc(S(=O)(=O)NCC(=O)NC2CCCCC2)cnc1Cl. The first-order valence-electron chi connectivity index (χ1n) is 7.29. The number of sulfonamides is 1. The van der Waals surface area contributed by atoms with E-state index in [2.05, 4.69) is 15.0 Å². The summed E-state index contributed by atoms with van der Waals surface area (Å²) in [4.78, 5) is 15.6. The number of nitrogens with zero attached hydrogens (tertiary/aromatic N) is 1. The number of aromatic nitrogens is 1. The number of carbonyl (C=O) groups excluding carboxylic acids is 1. The van der Waals surface area contributed by atoms with Crippen LogP contribution in [0.4, 0.5) is 0 Å². The van der Waals surface area contributed by atoms with E-state index in [1.165, 1.54) is 18.7 Å². The second-order valence-electron chi connectivity index (χ2n) is 5.51. The first kappa shape index (κ1) is 17.2. The second kappa shape index (κ2) is 7.39. The van der Waals surface area contributed by atoms with Crippen LogP contribution in [0.5, 0.6) is 0 Å². The minimum atomic E-state index is -3.77. The molecule has 8 heteroatoms. The van der Waals surface area contributed by atoms with Gasteiger partial charge in [-0.05, 0) is 31.4 Å². The van der Waals surface area contributed by atoms with Crippen LogP contribution in [0.2, 0.25) is 5.15 Å². The van der Waals surface area contributed by atoms with E-state index in [1.807, 2.05) is 0 Å². The molecule has 1 aromatic rings. The number of hydrogen-bond acceptors (Lipinski definition) is 4. The van der Waals surface area contributed by atoms with Gasteiger partial charge in [0, 0.05) is 12.2 Å². The Hall–Kier alpha value is -1.18. The predicted octanol–water partition coefficient (Wildman–Crippen LogP) is 1.77. The van der Waals surface area contributed by atoms with E-state index in [-0.39, 0.29) is 28.5 Å². The van der Waals surface area contributed by atoms with Gasteiger partial charge in [0.1, 0.15) is 10.0 Å². The van der Waals surface area contributed by atoms with Gasteiger partial charge >= 0.3 is 0 Å². The van der Waals surface area contributed by atoms with E-state index in [0.29, 0.717) is 5.56 Å². The van der Waals surface area contributed by atoms with Gasteiger partial charge in [0.15, 0.2) is 0 Å². The zero-order valence-corrected chi connectivity index (χ0v) is 14.0. The van der Waals surface area contributed by atoms with E-state index >= 15 is 0 Å². The van der Waals surface area contributed by atoms with Crippen LogP contribution in [0.25, 0.3) is 0 Å². The Labute approximate surface area is 135 Å². The lowest BCUT2D eigenvalue weighted by Crippen LogP contribution is -2.42. The number of pyridine rings is 1. The maximum Gasteiger partial charge on any atom is 0.242 e. The van der Waals surface area contributed by atoms with Crippen molar-refractivity contribution in [2.45, 2.75) is 50.0 Å². The molecule has 1 aliphatic carbocycles. The lowest BCUT2D eigenvalue weighted by Gasteiger charge is -2.22. The zero-order valence-electron chi connectivity index (χ0n) is 12.4. The van der Waals surface area contributed by atoms with Crippen LogP contribution in [-0.2, 0) is 14.8 Å². The zero-order chi connectivity index (χ0) is 16.2. The molecule has 0 bridgehead atoms. The molecule has 0 atom stereocenters. The molecule has 1 aliphatic rings. The molecular formula is C14H20ClN3O3S. The number of amides is 1. The normalized spacial score (nSPS) is 16.5. The minimum Gasteiger partial charge on any atom is -0.352 e. The second-order valence-corrected chi connectivity index (χ2v) is 7.63. The molecule has 0 unspecified atom stereocenters. The van der Waals surface area contributed by atoms with Crippen molar-refractivity contribution < 1.29 is 13.2 Å². The minimum absolute atomic E-state index is 0.000124. The highest BCUT2D eigenvalue weighted by Crippen LogP contribution is 2.17. The van der Waals surface area contributed by atoms with Crippen LogP contribution in [0.1, 0.15) is 37.7 Å². The van der Waals surface area contributed by atoms with Gasteiger partial charge in [0.25, 0.3) is 0 Å². The lowest BCUT2D eigenvalue weighted by atomic mass is 9.95. The summed E-state index contributed by atoms with van der Waals surface area (Å²) in [7, 11) is -3.77. The summed E-state index contributed by atoms with van der Waals surface area (Å²) in [6.07, 6.45) is 6.50. The van der Waals surface area contributed by atoms with Crippen molar-refractivity contribution in [2.24, 2.45) is 0 Å². The summed E-state index contributed by atoms with van der Waals surface area (Å²) in [6, 6.07) is 1.58. The van der Waals surface area contributed by atoms with Crippen LogP contribution < -0.4 is 10.0 Å². The van der Waals surface area contributed by atoms with E-state index < -0.39 is 10.0 Å². The van der Waals surface area contributed by atoms with Gasteiger partial charge in [-0.25, -0.2) is 18.1 Å². The van der Waals surface area contributed by atoms with Gasteiger partial charge in [-0.15, -0.1) is 0 Å². The summed E-state index contributed by atoms with van der Waals surface area (Å²) in [5, 5.41) is 3.12. The third kappa shape index (κ3) is 4.66. The average molecular weight is 346 g/mol. The first-order chi connectivity index (χ1) is 10.4. The summed E-state index contributed by atoms with van der Waals surface area (Å²) < 4.78 is 26.5. The van der Waals surface area contributed by atoms with Crippen molar-refractivity contribution in [2.75, 3.05) is 6.54 Å². The van der Waals surface area contributed by atoms with Crippen LogP contribution in [-0.4, -0.2) is 31.9 Å². The molecule has 0 saturated heterocycles. The molecule has 0 aliphatic heterocycles.